The predicted octanol–water partition coefficient (Wildman–Crippen LogP) is 3.85. The van der Waals surface area contributed by atoms with Crippen LogP contribution in [0, 0.1) is 11.3 Å². The molecule has 0 bridgehead atoms. The molecule has 1 fully saturated rings. The molecule has 0 radical (unpaired) electrons. The van der Waals surface area contributed by atoms with Gasteiger partial charge < -0.3 is 10.2 Å². The molecule has 0 aliphatic carbocycles. The number of hydrogen-bond donors (Lipinski definition) is 1. The van der Waals surface area contributed by atoms with Crippen molar-refractivity contribution in [1.82, 2.24) is 9.97 Å². The smallest absolute Gasteiger partial charge is 0.356 e. The van der Waals surface area contributed by atoms with Gasteiger partial charge in [0.2, 0.25) is 0 Å². The van der Waals surface area contributed by atoms with Crippen molar-refractivity contribution in [3.63, 3.8) is 0 Å². The molecule has 0 atom stereocenters. The van der Waals surface area contributed by atoms with Crippen LogP contribution >= 0.6 is 0 Å². The van der Waals surface area contributed by atoms with E-state index < -0.39 is 42.0 Å². The summed E-state index contributed by atoms with van der Waals surface area (Å²) in [6.45, 7) is -0.297. The number of pyridine rings is 2. The number of carbonyl (C=O) groups excluding carboxylic acids is 1. The quantitative estimate of drug-likeness (QED) is 0.776. The second-order valence-electron chi connectivity index (χ2n) is 6.43. The highest BCUT2D eigenvalue weighted by Crippen LogP contribution is 2.34. The molecule has 6 nitrogen and oxygen atoms in total. The first kappa shape index (κ1) is 20.4. The van der Waals surface area contributed by atoms with Gasteiger partial charge in [-0.25, -0.2) is 18.7 Å². The van der Waals surface area contributed by atoms with E-state index >= 15 is 0 Å². The molecular weight excluding hydrogens is 397 g/mol. The van der Waals surface area contributed by atoms with E-state index in [0.717, 1.165) is 0 Å². The van der Waals surface area contributed by atoms with Crippen molar-refractivity contribution in [1.29, 1.82) is 5.26 Å². The zero-order chi connectivity index (χ0) is 21.2. The summed E-state index contributed by atoms with van der Waals surface area (Å²) < 4.78 is 66.1. The number of anilines is 2. The van der Waals surface area contributed by atoms with Crippen molar-refractivity contribution in [3.05, 3.63) is 47.4 Å². The molecule has 0 unspecified atom stereocenters. The highest BCUT2D eigenvalue weighted by Gasteiger charge is 2.37. The van der Waals surface area contributed by atoms with E-state index in [1.807, 2.05) is 0 Å². The van der Waals surface area contributed by atoms with Gasteiger partial charge in [0.1, 0.15) is 17.6 Å². The van der Waals surface area contributed by atoms with Crippen LogP contribution in [0.4, 0.5) is 33.5 Å². The van der Waals surface area contributed by atoms with Crippen molar-refractivity contribution in [2.75, 3.05) is 23.3 Å². The molecule has 1 aliphatic heterocycles. The summed E-state index contributed by atoms with van der Waals surface area (Å²) in [5.74, 6) is -3.87. The minimum Gasteiger partial charge on any atom is -0.356 e. The highest BCUT2D eigenvalue weighted by atomic mass is 19.4. The van der Waals surface area contributed by atoms with Gasteiger partial charge in [-0.2, -0.15) is 18.4 Å². The van der Waals surface area contributed by atoms with Crippen LogP contribution in [0.2, 0.25) is 0 Å². The van der Waals surface area contributed by atoms with Crippen molar-refractivity contribution in [2.24, 2.45) is 0 Å². The third kappa shape index (κ3) is 4.77. The number of carbonyl (C=O) groups is 1. The molecule has 11 heteroatoms. The van der Waals surface area contributed by atoms with Gasteiger partial charge in [0.05, 0.1) is 23.0 Å². The van der Waals surface area contributed by atoms with Gasteiger partial charge in [-0.05, 0) is 18.2 Å². The Morgan fingerprint density at radius 1 is 1.17 bits per heavy atom. The molecule has 3 rings (SSSR count). The zero-order valence-electron chi connectivity index (χ0n) is 14.8. The lowest BCUT2D eigenvalue weighted by atomic mass is 10.1. The molecule has 0 spiro atoms. The fourth-order valence-corrected chi connectivity index (χ4v) is 2.81. The minimum absolute atomic E-state index is 0.0960. The number of amides is 1. The van der Waals surface area contributed by atoms with Gasteiger partial charge in [-0.15, -0.1) is 0 Å². The van der Waals surface area contributed by atoms with E-state index in [1.54, 1.807) is 6.07 Å². The molecular formula is C18H14F5N5O. The van der Waals surface area contributed by atoms with Crippen molar-refractivity contribution in [3.8, 4) is 6.07 Å². The first-order valence-electron chi connectivity index (χ1n) is 8.46. The number of piperidine rings is 1. The van der Waals surface area contributed by atoms with Crippen LogP contribution in [-0.2, 0) is 6.18 Å². The molecule has 152 valence electrons. The number of nitrogens with zero attached hydrogens (tertiary/aromatic N) is 4. The van der Waals surface area contributed by atoms with Crippen LogP contribution < -0.4 is 10.2 Å². The van der Waals surface area contributed by atoms with Crippen LogP contribution in [0.1, 0.15) is 34.5 Å². The van der Waals surface area contributed by atoms with Gasteiger partial charge in [0, 0.05) is 32.1 Å². The number of nitrogens with one attached hydrogen (secondary N) is 1. The number of halogens is 5. The Morgan fingerprint density at radius 3 is 2.41 bits per heavy atom. The number of hydrogen-bond acceptors (Lipinski definition) is 5. The Bertz CT molecular complexity index is 943. The van der Waals surface area contributed by atoms with Gasteiger partial charge in [0.15, 0.2) is 0 Å². The van der Waals surface area contributed by atoms with Crippen molar-refractivity contribution >= 4 is 17.4 Å². The van der Waals surface area contributed by atoms with E-state index in [2.05, 4.69) is 15.3 Å². The number of nitriles is 1. The maximum atomic E-state index is 13.4. The fourth-order valence-electron chi connectivity index (χ4n) is 2.81. The van der Waals surface area contributed by atoms with Gasteiger partial charge >= 0.3 is 6.18 Å². The first-order chi connectivity index (χ1) is 13.6. The summed E-state index contributed by atoms with van der Waals surface area (Å²) in [5, 5.41) is 11.1. The molecule has 1 aliphatic rings. The summed E-state index contributed by atoms with van der Waals surface area (Å²) in [6, 6.07) is 5.13. The largest absolute Gasteiger partial charge is 0.417 e. The number of aromatic nitrogens is 2. The number of alkyl halides is 5. The molecule has 2 aromatic heterocycles. The monoisotopic (exact) mass is 411 g/mol. The van der Waals surface area contributed by atoms with Crippen LogP contribution in [-0.4, -0.2) is 34.9 Å². The van der Waals surface area contributed by atoms with E-state index in [1.165, 1.54) is 23.2 Å². The van der Waals surface area contributed by atoms with E-state index in [-0.39, 0.29) is 30.3 Å². The van der Waals surface area contributed by atoms with Gasteiger partial charge in [0.25, 0.3) is 11.8 Å². The van der Waals surface area contributed by atoms with Crippen LogP contribution in [0.25, 0.3) is 0 Å². The Hall–Kier alpha value is -3.29. The molecule has 0 aromatic carbocycles. The predicted molar refractivity (Wildman–Crippen MR) is 92.5 cm³/mol. The summed E-state index contributed by atoms with van der Waals surface area (Å²) >= 11 is 0. The van der Waals surface area contributed by atoms with Crippen molar-refractivity contribution < 1.29 is 26.7 Å². The lowest BCUT2D eigenvalue weighted by Gasteiger charge is -2.33. The maximum absolute atomic E-state index is 13.4. The standard InChI is InChI=1S/C18H14F5N5O/c19-17(20)3-5-28(6-4-17)15-14(7-11(9-26-15)18(21,22)23)16(29)27-13-2-1-12(8-24)25-10-13/h1-2,7,9-10H,3-6H2,(H,27,29). The summed E-state index contributed by atoms with van der Waals surface area (Å²) in [4.78, 5) is 21.5. The summed E-state index contributed by atoms with van der Waals surface area (Å²) in [6.07, 6.45) is -3.96. The Morgan fingerprint density at radius 2 is 1.86 bits per heavy atom. The Kier molecular flexibility index (Phi) is 5.37. The summed E-state index contributed by atoms with van der Waals surface area (Å²) in [7, 11) is 0. The number of rotatable bonds is 3. The third-order valence-electron chi connectivity index (χ3n) is 4.37. The zero-order valence-corrected chi connectivity index (χ0v) is 14.8. The van der Waals surface area contributed by atoms with Gasteiger partial charge in [-0.3, -0.25) is 4.79 Å². The van der Waals surface area contributed by atoms with Crippen LogP contribution in [0.15, 0.2) is 30.6 Å². The molecule has 3 heterocycles. The lowest BCUT2D eigenvalue weighted by Crippen LogP contribution is -2.40. The molecule has 2 aromatic rings. The first-order valence-corrected chi connectivity index (χ1v) is 8.46. The van der Waals surface area contributed by atoms with E-state index in [4.69, 9.17) is 5.26 Å². The second-order valence-corrected chi connectivity index (χ2v) is 6.43. The lowest BCUT2D eigenvalue weighted by molar-refractivity contribution is -0.137. The molecule has 29 heavy (non-hydrogen) atoms. The molecule has 1 N–H and O–H groups in total. The van der Waals surface area contributed by atoms with Crippen LogP contribution in [0.3, 0.4) is 0 Å². The maximum Gasteiger partial charge on any atom is 0.417 e. The Labute approximate surface area is 162 Å². The molecule has 1 amide bonds. The average molecular weight is 411 g/mol. The fraction of sp³-hybridized carbons (Fsp3) is 0.333. The van der Waals surface area contributed by atoms with E-state index in [0.29, 0.717) is 12.3 Å². The normalized spacial score (nSPS) is 16.2. The second kappa shape index (κ2) is 7.62. The average Bonchev–Trinajstić information content (AvgIpc) is 2.67. The highest BCUT2D eigenvalue weighted by molar-refractivity contribution is 6.07. The minimum atomic E-state index is -4.73. The molecule has 1 saturated heterocycles. The van der Waals surface area contributed by atoms with Gasteiger partial charge in [-0.1, -0.05) is 0 Å². The van der Waals surface area contributed by atoms with E-state index in [9.17, 15) is 26.7 Å². The Balaban J connectivity index is 1.92. The SMILES string of the molecule is N#Cc1ccc(NC(=O)c2cc(C(F)(F)F)cnc2N2CCC(F)(F)CC2)cn1. The summed E-state index contributed by atoms with van der Waals surface area (Å²) in [5.41, 5.74) is -1.28. The molecule has 0 saturated carbocycles. The third-order valence-corrected chi connectivity index (χ3v) is 4.37. The topological polar surface area (TPSA) is 81.9 Å². The van der Waals surface area contributed by atoms with Crippen LogP contribution in [0.5, 0.6) is 0 Å². The van der Waals surface area contributed by atoms with Crippen molar-refractivity contribution in [2.45, 2.75) is 24.9 Å².